The van der Waals surface area contributed by atoms with Crippen LogP contribution in [-0.2, 0) is 16.6 Å². The number of benzene rings is 1. The molecule has 0 spiro atoms. The topological polar surface area (TPSA) is 79.6 Å². The molecule has 24 heavy (non-hydrogen) atoms. The number of furan rings is 1. The second kappa shape index (κ2) is 6.78. The molecular formula is C17H20N2O4S. The normalized spacial score (nSPS) is 18.0. The molecule has 1 amide bonds. The van der Waals surface area contributed by atoms with Crippen molar-refractivity contribution in [1.82, 2.24) is 9.62 Å². The Morgan fingerprint density at radius 2 is 2.00 bits per heavy atom. The van der Waals surface area contributed by atoms with Crippen molar-refractivity contribution in [3.05, 3.63) is 59.5 Å². The highest BCUT2D eigenvalue weighted by molar-refractivity contribution is 7.88. The number of carbonyl (C=O) groups excluding carboxylic acids is 1. The molecule has 0 aliphatic carbocycles. The molecule has 1 aromatic carbocycles. The van der Waals surface area contributed by atoms with Gasteiger partial charge in [0.15, 0.2) is 5.76 Å². The quantitative estimate of drug-likeness (QED) is 0.896. The van der Waals surface area contributed by atoms with Crippen LogP contribution < -0.4 is 4.72 Å². The van der Waals surface area contributed by atoms with Gasteiger partial charge in [-0.25, -0.2) is 13.1 Å². The third-order valence-electron chi connectivity index (χ3n) is 4.13. The highest BCUT2D eigenvalue weighted by Crippen LogP contribution is 2.28. The van der Waals surface area contributed by atoms with Gasteiger partial charge in [0.25, 0.3) is 5.91 Å². The number of amides is 1. The molecule has 7 heteroatoms. The van der Waals surface area contributed by atoms with Crippen LogP contribution in [0.5, 0.6) is 0 Å². The first-order chi connectivity index (χ1) is 11.4. The molecule has 1 N–H and O–H groups in total. The van der Waals surface area contributed by atoms with Crippen molar-refractivity contribution in [3.8, 4) is 0 Å². The molecule has 1 unspecified atom stereocenters. The van der Waals surface area contributed by atoms with Gasteiger partial charge in [-0.1, -0.05) is 30.3 Å². The highest BCUT2D eigenvalue weighted by atomic mass is 32.2. The maximum absolute atomic E-state index is 12.5. The first-order valence-electron chi connectivity index (χ1n) is 7.80. The Hall–Kier alpha value is -2.12. The molecule has 1 aliphatic rings. The lowest BCUT2D eigenvalue weighted by Gasteiger charge is -2.15. The van der Waals surface area contributed by atoms with E-state index >= 15 is 0 Å². The molecule has 3 rings (SSSR count). The fourth-order valence-corrected chi connectivity index (χ4v) is 3.29. The molecule has 1 atom stereocenters. The number of hydrogen-bond acceptors (Lipinski definition) is 4. The smallest absolute Gasteiger partial charge is 0.289 e. The number of rotatable bonds is 5. The summed E-state index contributed by atoms with van der Waals surface area (Å²) in [7, 11) is -3.29. The zero-order chi connectivity index (χ0) is 17.2. The van der Waals surface area contributed by atoms with E-state index in [0.717, 1.165) is 12.7 Å². The van der Waals surface area contributed by atoms with E-state index in [2.05, 4.69) is 16.9 Å². The summed E-state index contributed by atoms with van der Waals surface area (Å²) in [4.78, 5) is 14.3. The van der Waals surface area contributed by atoms with Gasteiger partial charge >= 0.3 is 0 Å². The average molecular weight is 348 g/mol. The predicted molar refractivity (Wildman–Crippen MR) is 90.1 cm³/mol. The Kier molecular flexibility index (Phi) is 4.73. The predicted octanol–water partition coefficient (Wildman–Crippen LogP) is 1.96. The molecule has 1 aromatic heterocycles. The number of sulfonamides is 1. The zero-order valence-corrected chi connectivity index (χ0v) is 14.3. The van der Waals surface area contributed by atoms with Crippen molar-refractivity contribution in [2.45, 2.75) is 18.9 Å². The Morgan fingerprint density at radius 1 is 1.25 bits per heavy atom. The SMILES string of the molecule is CS(=O)(=O)NCc1ccc(C(=O)N2CCC(c3ccccc3)C2)o1. The molecule has 0 bridgehead atoms. The standard InChI is InChI=1S/C17H20N2O4S/c1-24(21,22)18-11-15-7-8-16(23-15)17(20)19-10-9-14(12-19)13-5-3-2-4-6-13/h2-8,14,18H,9-12H2,1H3. The van der Waals surface area contributed by atoms with Crippen molar-refractivity contribution in [3.63, 3.8) is 0 Å². The van der Waals surface area contributed by atoms with Crippen LogP contribution in [0.4, 0.5) is 0 Å². The van der Waals surface area contributed by atoms with Crippen LogP contribution in [0.1, 0.15) is 34.2 Å². The zero-order valence-electron chi connectivity index (χ0n) is 13.4. The van der Waals surface area contributed by atoms with Gasteiger partial charge in [0.05, 0.1) is 12.8 Å². The third-order valence-corrected chi connectivity index (χ3v) is 4.80. The summed E-state index contributed by atoms with van der Waals surface area (Å²) in [6.45, 7) is 1.40. The van der Waals surface area contributed by atoms with Crippen molar-refractivity contribution in [2.24, 2.45) is 0 Å². The van der Waals surface area contributed by atoms with Gasteiger partial charge in [0.1, 0.15) is 5.76 Å². The summed E-state index contributed by atoms with van der Waals surface area (Å²) in [5, 5.41) is 0. The van der Waals surface area contributed by atoms with E-state index in [0.29, 0.717) is 24.8 Å². The van der Waals surface area contributed by atoms with Crippen LogP contribution in [0.3, 0.4) is 0 Å². The van der Waals surface area contributed by atoms with E-state index in [9.17, 15) is 13.2 Å². The van der Waals surface area contributed by atoms with E-state index < -0.39 is 10.0 Å². The van der Waals surface area contributed by atoms with Gasteiger partial charge in [-0.2, -0.15) is 0 Å². The molecule has 1 saturated heterocycles. The number of nitrogens with one attached hydrogen (secondary N) is 1. The minimum atomic E-state index is -3.29. The average Bonchev–Trinajstić information content (AvgIpc) is 3.22. The van der Waals surface area contributed by atoms with E-state index in [1.165, 1.54) is 5.56 Å². The van der Waals surface area contributed by atoms with Crippen LogP contribution in [0.15, 0.2) is 46.9 Å². The summed E-state index contributed by atoms with van der Waals surface area (Å²) in [5.74, 6) is 0.854. The number of nitrogens with zero attached hydrogens (tertiary/aromatic N) is 1. The first kappa shape index (κ1) is 16.7. The van der Waals surface area contributed by atoms with Crippen LogP contribution in [0, 0.1) is 0 Å². The summed E-state index contributed by atoms with van der Waals surface area (Å²) < 4.78 is 30.0. The summed E-state index contributed by atoms with van der Waals surface area (Å²) in [5.41, 5.74) is 1.24. The monoisotopic (exact) mass is 348 g/mol. The van der Waals surface area contributed by atoms with Gasteiger partial charge in [-0.05, 0) is 24.1 Å². The van der Waals surface area contributed by atoms with Crippen molar-refractivity contribution < 1.29 is 17.6 Å². The maximum atomic E-state index is 12.5. The largest absolute Gasteiger partial charge is 0.455 e. The Morgan fingerprint density at radius 3 is 2.71 bits per heavy atom. The molecule has 2 heterocycles. The lowest BCUT2D eigenvalue weighted by Crippen LogP contribution is -2.28. The van der Waals surface area contributed by atoms with Crippen LogP contribution in [0.25, 0.3) is 0 Å². The van der Waals surface area contributed by atoms with Gasteiger partial charge in [-0.15, -0.1) is 0 Å². The molecule has 1 fully saturated rings. The van der Waals surface area contributed by atoms with Crippen molar-refractivity contribution in [1.29, 1.82) is 0 Å². The van der Waals surface area contributed by atoms with Gasteiger partial charge in [0.2, 0.25) is 10.0 Å². The lowest BCUT2D eigenvalue weighted by atomic mass is 9.99. The van der Waals surface area contributed by atoms with Gasteiger partial charge < -0.3 is 9.32 Å². The lowest BCUT2D eigenvalue weighted by molar-refractivity contribution is 0.0757. The molecule has 0 saturated carbocycles. The Bertz CT molecular complexity index is 814. The summed E-state index contributed by atoms with van der Waals surface area (Å²) in [6.07, 6.45) is 2.01. The molecule has 128 valence electrons. The summed E-state index contributed by atoms with van der Waals surface area (Å²) >= 11 is 0. The van der Waals surface area contributed by atoms with E-state index in [1.807, 2.05) is 18.2 Å². The van der Waals surface area contributed by atoms with Crippen molar-refractivity contribution >= 4 is 15.9 Å². The summed E-state index contributed by atoms with van der Waals surface area (Å²) in [6, 6.07) is 13.4. The van der Waals surface area contributed by atoms with Gasteiger partial charge in [0, 0.05) is 19.0 Å². The van der Waals surface area contributed by atoms with Crippen molar-refractivity contribution in [2.75, 3.05) is 19.3 Å². The fraction of sp³-hybridized carbons (Fsp3) is 0.353. The minimum absolute atomic E-state index is 0.0404. The van der Waals surface area contributed by atoms with Gasteiger partial charge in [-0.3, -0.25) is 4.79 Å². The molecule has 0 radical (unpaired) electrons. The molecule has 2 aromatic rings. The highest BCUT2D eigenvalue weighted by Gasteiger charge is 2.29. The van der Waals surface area contributed by atoms with E-state index in [4.69, 9.17) is 4.42 Å². The fourth-order valence-electron chi connectivity index (χ4n) is 2.89. The van der Waals surface area contributed by atoms with Crippen LogP contribution >= 0.6 is 0 Å². The molecule has 1 aliphatic heterocycles. The third kappa shape index (κ3) is 4.04. The van der Waals surface area contributed by atoms with E-state index in [-0.39, 0.29) is 18.2 Å². The minimum Gasteiger partial charge on any atom is -0.455 e. The second-order valence-corrected chi connectivity index (χ2v) is 7.84. The maximum Gasteiger partial charge on any atom is 0.289 e. The number of carbonyl (C=O) groups is 1. The molecular weight excluding hydrogens is 328 g/mol. The van der Waals surface area contributed by atoms with Crippen LogP contribution in [-0.4, -0.2) is 38.6 Å². The number of hydrogen-bond donors (Lipinski definition) is 1. The van der Waals surface area contributed by atoms with Crippen LogP contribution in [0.2, 0.25) is 0 Å². The Balaban J connectivity index is 1.62. The van der Waals surface area contributed by atoms with E-state index in [1.54, 1.807) is 17.0 Å². The molecule has 6 nitrogen and oxygen atoms in total. The number of likely N-dealkylation sites (tertiary alicyclic amines) is 1. The first-order valence-corrected chi connectivity index (χ1v) is 9.69. The Labute approximate surface area is 141 Å². The second-order valence-electron chi connectivity index (χ2n) is 6.01.